The van der Waals surface area contributed by atoms with E-state index in [1.54, 1.807) is 37.3 Å². The van der Waals surface area contributed by atoms with Crippen molar-refractivity contribution in [3.8, 4) is 0 Å². The number of esters is 2. The first-order chi connectivity index (χ1) is 17.3. The SMILES string of the molecule is CC(=O)O[C@H]1C(=O)[C@]2(C)[C@@H](O)C[C@H]3OCC3[C@H]2[C@H](OC(=O)c2ccccc2)[C@]2(O)CCC(C)=C1C2(C)C. The van der Waals surface area contributed by atoms with E-state index in [1.165, 1.54) is 6.92 Å². The van der Waals surface area contributed by atoms with Crippen LogP contribution in [-0.4, -0.2) is 64.6 Å². The minimum Gasteiger partial charge on any atom is -0.455 e. The first-order valence-corrected chi connectivity index (χ1v) is 13.0. The summed E-state index contributed by atoms with van der Waals surface area (Å²) < 4.78 is 17.7. The van der Waals surface area contributed by atoms with Gasteiger partial charge in [0.15, 0.2) is 11.9 Å². The van der Waals surface area contributed by atoms with Crippen molar-refractivity contribution in [1.29, 1.82) is 0 Å². The molecule has 1 aromatic carbocycles. The fourth-order valence-electron chi connectivity index (χ4n) is 7.48. The molecular formula is C29H36O8. The van der Waals surface area contributed by atoms with E-state index in [4.69, 9.17) is 14.2 Å². The lowest BCUT2D eigenvalue weighted by Gasteiger charge is -2.64. The highest BCUT2D eigenvalue weighted by molar-refractivity contribution is 5.95. The van der Waals surface area contributed by atoms with Crippen LogP contribution < -0.4 is 0 Å². The Morgan fingerprint density at radius 3 is 2.38 bits per heavy atom. The maximum atomic E-state index is 14.5. The smallest absolute Gasteiger partial charge is 0.338 e. The third-order valence-corrected chi connectivity index (χ3v) is 9.73. The van der Waals surface area contributed by atoms with Crippen molar-refractivity contribution in [3.63, 3.8) is 0 Å². The molecule has 5 rings (SSSR count). The number of carbonyl (C=O) groups excluding carboxylic acids is 3. The van der Waals surface area contributed by atoms with Crippen LogP contribution in [0.2, 0.25) is 0 Å². The van der Waals surface area contributed by atoms with E-state index in [9.17, 15) is 24.6 Å². The Morgan fingerprint density at radius 2 is 1.78 bits per heavy atom. The molecule has 37 heavy (non-hydrogen) atoms. The van der Waals surface area contributed by atoms with Gasteiger partial charge < -0.3 is 24.4 Å². The number of aliphatic hydroxyl groups excluding tert-OH is 1. The minimum atomic E-state index is -1.60. The molecule has 1 unspecified atom stereocenters. The van der Waals surface area contributed by atoms with Crippen LogP contribution in [0.1, 0.15) is 64.2 Å². The normalized spacial score (nSPS) is 40.4. The van der Waals surface area contributed by atoms with Crippen LogP contribution in [0.15, 0.2) is 41.5 Å². The molecule has 2 bridgehead atoms. The molecular weight excluding hydrogens is 476 g/mol. The highest BCUT2D eigenvalue weighted by atomic mass is 16.6. The molecule has 1 aliphatic heterocycles. The largest absolute Gasteiger partial charge is 0.455 e. The summed E-state index contributed by atoms with van der Waals surface area (Å²) in [4.78, 5) is 40.2. The summed E-state index contributed by atoms with van der Waals surface area (Å²) in [6, 6.07) is 8.54. The van der Waals surface area contributed by atoms with Gasteiger partial charge in [-0.1, -0.05) is 37.6 Å². The van der Waals surface area contributed by atoms with Gasteiger partial charge in [0.25, 0.3) is 0 Å². The second-order valence-corrected chi connectivity index (χ2v) is 11.9. The fourth-order valence-corrected chi connectivity index (χ4v) is 7.48. The topological polar surface area (TPSA) is 119 Å². The predicted molar refractivity (Wildman–Crippen MR) is 132 cm³/mol. The van der Waals surface area contributed by atoms with E-state index < -0.39 is 58.4 Å². The second-order valence-electron chi connectivity index (χ2n) is 11.9. The van der Waals surface area contributed by atoms with E-state index in [-0.39, 0.29) is 24.9 Å². The monoisotopic (exact) mass is 512 g/mol. The molecule has 200 valence electrons. The fraction of sp³-hybridized carbons (Fsp3) is 0.621. The van der Waals surface area contributed by atoms with Crippen LogP contribution in [-0.2, 0) is 23.8 Å². The highest BCUT2D eigenvalue weighted by Crippen LogP contribution is 2.62. The Kier molecular flexibility index (Phi) is 6.17. The van der Waals surface area contributed by atoms with E-state index in [1.807, 2.05) is 20.8 Å². The molecule has 8 atom stereocenters. The molecule has 0 amide bonds. The lowest BCUT2D eigenvalue weighted by Crippen LogP contribution is -2.74. The van der Waals surface area contributed by atoms with Gasteiger partial charge in [-0.25, -0.2) is 4.79 Å². The molecule has 1 heterocycles. The van der Waals surface area contributed by atoms with Crippen LogP contribution in [0.4, 0.5) is 0 Å². The van der Waals surface area contributed by atoms with Crippen LogP contribution >= 0.6 is 0 Å². The summed E-state index contributed by atoms with van der Waals surface area (Å²) in [7, 11) is 0. The zero-order valence-corrected chi connectivity index (χ0v) is 22.0. The van der Waals surface area contributed by atoms with Gasteiger partial charge >= 0.3 is 11.9 Å². The Balaban J connectivity index is 1.74. The van der Waals surface area contributed by atoms with E-state index >= 15 is 0 Å². The van der Waals surface area contributed by atoms with Crippen LogP contribution in [0, 0.1) is 22.7 Å². The molecule has 2 N–H and O–H groups in total. The average Bonchev–Trinajstić information content (AvgIpc) is 2.83. The third kappa shape index (κ3) is 3.63. The number of fused-ring (bicyclic) bond motifs is 5. The zero-order valence-electron chi connectivity index (χ0n) is 22.0. The van der Waals surface area contributed by atoms with Crippen molar-refractivity contribution in [2.45, 2.75) is 83.9 Å². The maximum Gasteiger partial charge on any atom is 0.338 e. The van der Waals surface area contributed by atoms with Gasteiger partial charge in [-0.2, -0.15) is 0 Å². The van der Waals surface area contributed by atoms with E-state index in [0.29, 0.717) is 24.2 Å². The Bertz CT molecular complexity index is 1160. The Labute approximate surface area is 217 Å². The minimum absolute atomic E-state index is 0.225. The lowest BCUT2D eigenvalue weighted by atomic mass is 9.46. The second kappa shape index (κ2) is 8.75. The summed E-state index contributed by atoms with van der Waals surface area (Å²) in [5, 5.41) is 24.1. The van der Waals surface area contributed by atoms with Gasteiger partial charge in [0.2, 0.25) is 0 Å². The molecule has 0 radical (unpaired) electrons. The number of allylic oxidation sites excluding steroid dienone is 1. The van der Waals surface area contributed by atoms with Crippen molar-refractivity contribution in [3.05, 3.63) is 47.0 Å². The Morgan fingerprint density at radius 1 is 1.11 bits per heavy atom. The van der Waals surface area contributed by atoms with Gasteiger partial charge in [0.1, 0.15) is 11.7 Å². The van der Waals surface area contributed by atoms with Gasteiger partial charge in [-0.3, -0.25) is 9.59 Å². The Hall–Kier alpha value is -2.55. The molecule has 3 aliphatic carbocycles. The first-order valence-electron chi connectivity index (χ1n) is 13.0. The van der Waals surface area contributed by atoms with Crippen molar-refractivity contribution < 1.29 is 38.8 Å². The zero-order chi connectivity index (χ0) is 26.9. The lowest BCUT2D eigenvalue weighted by molar-refractivity contribution is -0.274. The van der Waals surface area contributed by atoms with E-state index in [2.05, 4.69) is 0 Å². The number of hydrogen-bond donors (Lipinski definition) is 2. The van der Waals surface area contributed by atoms with Gasteiger partial charge in [0, 0.05) is 30.6 Å². The maximum absolute atomic E-state index is 14.5. The molecule has 4 aliphatic rings. The van der Waals surface area contributed by atoms with Gasteiger partial charge in [-0.05, 0) is 44.4 Å². The summed E-state index contributed by atoms with van der Waals surface area (Å²) in [5.74, 6) is -2.63. The van der Waals surface area contributed by atoms with Crippen molar-refractivity contribution in [1.82, 2.24) is 0 Å². The average molecular weight is 513 g/mol. The summed E-state index contributed by atoms with van der Waals surface area (Å²) in [6.45, 7) is 8.73. The molecule has 3 fully saturated rings. The quantitative estimate of drug-likeness (QED) is 0.469. The number of rotatable bonds is 3. The molecule has 8 nitrogen and oxygen atoms in total. The van der Waals surface area contributed by atoms with Gasteiger partial charge in [-0.15, -0.1) is 0 Å². The number of carbonyl (C=O) groups is 3. The summed E-state index contributed by atoms with van der Waals surface area (Å²) >= 11 is 0. The molecule has 0 aromatic heterocycles. The van der Waals surface area contributed by atoms with E-state index in [0.717, 1.165) is 5.57 Å². The highest BCUT2D eigenvalue weighted by Gasteiger charge is 2.71. The summed E-state index contributed by atoms with van der Waals surface area (Å²) in [6.07, 6.45) is -2.89. The molecule has 2 saturated carbocycles. The molecule has 1 saturated heterocycles. The number of hydrogen-bond acceptors (Lipinski definition) is 8. The van der Waals surface area contributed by atoms with Crippen LogP contribution in [0.25, 0.3) is 0 Å². The van der Waals surface area contributed by atoms with Crippen molar-refractivity contribution in [2.24, 2.45) is 22.7 Å². The number of ketones is 1. The summed E-state index contributed by atoms with van der Waals surface area (Å²) in [5.41, 5.74) is -2.46. The number of Topliss-reactive ketones (excluding diaryl/α,β-unsaturated/α-hetero) is 1. The first kappa shape index (κ1) is 26.1. The van der Waals surface area contributed by atoms with Crippen molar-refractivity contribution >= 4 is 17.7 Å². The third-order valence-electron chi connectivity index (χ3n) is 9.73. The predicted octanol–water partition coefficient (Wildman–Crippen LogP) is 3.00. The van der Waals surface area contributed by atoms with Gasteiger partial charge in [0.05, 0.1) is 29.8 Å². The number of benzene rings is 1. The number of ether oxygens (including phenoxy) is 3. The van der Waals surface area contributed by atoms with Crippen LogP contribution in [0.3, 0.4) is 0 Å². The molecule has 8 heteroatoms. The molecule has 0 spiro atoms. The van der Waals surface area contributed by atoms with Crippen molar-refractivity contribution in [2.75, 3.05) is 6.61 Å². The molecule has 1 aromatic rings. The standard InChI is InChI=1S/C29H36O8/c1-15-11-12-29(34)25(37-26(33)17-9-7-6-8-10-17)22-18-14-35-19(18)13-20(31)28(22,5)24(32)23(36-16(2)30)21(15)27(29,3)4/h6-10,18-20,22-23,25,31,34H,11-14H2,1-5H3/t18?,19-,20+,22+,23-,25+,28-,29-/m1/s1. The van der Waals surface area contributed by atoms with Crippen LogP contribution in [0.5, 0.6) is 0 Å². The number of aliphatic hydroxyl groups is 2.